The van der Waals surface area contributed by atoms with E-state index in [2.05, 4.69) is 0 Å². The average molecular weight is 384 g/mol. The molecule has 1 amide bonds. The van der Waals surface area contributed by atoms with E-state index in [-0.39, 0.29) is 23.2 Å². The van der Waals surface area contributed by atoms with E-state index in [0.717, 1.165) is 22.6 Å². The monoisotopic (exact) mass is 383 g/mol. The minimum absolute atomic E-state index is 0. The Balaban J connectivity index is 0.00000312. The topological polar surface area (TPSA) is 68.3 Å². The van der Waals surface area contributed by atoms with Crippen LogP contribution < -0.4 is 10.6 Å². The van der Waals surface area contributed by atoms with Gasteiger partial charge in [0.2, 0.25) is 5.91 Å². The quantitative estimate of drug-likeness (QED) is 0.762. The third kappa shape index (κ3) is 5.99. The highest BCUT2D eigenvalue weighted by atomic mass is 35.5. The number of amides is 1. The standard InChI is InChI=1S/C18H25N3O2S.ClH/c1-14-15(2)24-18(23)21(14)12-9-17(22)20(11-6-10-19)13-16-7-4-3-5-8-16;/h3-5,7-8H,6,9-13,19H2,1-2H3;1H. The van der Waals surface area contributed by atoms with Crippen molar-refractivity contribution >= 4 is 29.7 Å². The second-order valence-electron chi connectivity index (χ2n) is 5.85. The van der Waals surface area contributed by atoms with E-state index in [0.29, 0.717) is 32.6 Å². The molecule has 0 fully saturated rings. The molecular weight excluding hydrogens is 358 g/mol. The van der Waals surface area contributed by atoms with Crippen LogP contribution in [0.15, 0.2) is 35.1 Å². The summed E-state index contributed by atoms with van der Waals surface area (Å²) in [6.07, 6.45) is 1.10. The van der Waals surface area contributed by atoms with E-state index in [4.69, 9.17) is 5.73 Å². The fraction of sp³-hybridized carbons (Fsp3) is 0.444. The summed E-state index contributed by atoms with van der Waals surface area (Å²) in [4.78, 5) is 27.4. The fourth-order valence-corrected chi connectivity index (χ4v) is 3.45. The Morgan fingerprint density at radius 2 is 1.92 bits per heavy atom. The molecule has 2 N–H and O–H groups in total. The molecule has 138 valence electrons. The maximum Gasteiger partial charge on any atom is 0.307 e. The molecule has 2 rings (SSSR count). The molecule has 0 saturated heterocycles. The molecular formula is C18H26ClN3O2S. The minimum atomic E-state index is 0. The Labute approximate surface area is 158 Å². The molecule has 0 aliphatic carbocycles. The molecule has 25 heavy (non-hydrogen) atoms. The lowest BCUT2D eigenvalue weighted by atomic mass is 10.2. The molecule has 0 aliphatic heterocycles. The highest BCUT2D eigenvalue weighted by Gasteiger charge is 2.15. The summed E-state index contributed by atoms with van der Waals surface area (Å²) in [5.74, 6) is 0.0578. The Morgan fingerprint density at radius 1 is 1.24 bits per heavy atom. The Hall–Kier alpha value is -1.63. The number of nitrogens with zero attached hydrogens (tertiary/aromatic N) is 2. The first-order valence-electron chi connectivity index (χ1n) is 8.21. The molecule has 7 heteroatoms. The summed E-state index contributed by atoms with van der Waals surface area (Å²) >= 11 is 1.24. The first kappa shape index (κ1) is 21.4. The van der Waals surface area contributed by atoms with Crippen molar-refractivity contribution in [3.63, 3.8) is 0 Å². The van der Waals surface area contributed by atoms with Gasteiger partial charge in [0.1, 0.15) is 0 Å². The molecule has 0 atom stereocenters. The van der Waals surface area contributed by atoms with Gasteiger partial charge in [-0.25, -0.2) is 0 Å². The lowest BCUT2D eigenvalue weighted by Crippen LogP contribution is -2.33. The smallest absolute Gasteiger partial charge is 0.307 e. The van der Waals surface area contributed by atoms with Gasteiger partial charge in [-0.05, 0) is 32.4 Å². The van der Waals surface area contributed by atoms with Gasteiger partial charge in [-0.3, -0.25) is 9.59 Å². The van der Waals surface area contributed by atoms with Crippen LogP contribution in [0, 0.1) is 13.8 Å². The number of hydrogen-bond donors (Lipinski definition) is 1. The SMILES string of the molecule is Cc1sc(=O)n(CCC(=O)N(CCCN)Cc2ccccc2)c1C.Cl. The molecule has 2 aromatic rings. The van der Waals surface area contributed by atoms with Crippen LogP contribution in [0.1, 0.15) is 29.0 Å². The predicted octanol–water partition coefficient (Wildman–Crippen LogP) is 2.72. The van der Waals surface area contributed by atoms with Crippen LogP contribution in [0.4, 0.5) is 0 Å². The van der Waals surface area contributed by atoms with E-state index < -0.39 is 0 Å². The lowest BCUT2D eigenvalue weighted by Gasteiger charge is -2.23. The third-order valence-electron chi connectivity index (χ3n) is 4.13. The zero-order valence-corrected chi connectivity index (χ0v) is 16.4. The number of aromatic nitrogens is 1. The van der Waals surface area contributed by atoms with E-state index >= 15 is 0 Å². The van der Waals surface area contributed by atoms with Crippen molar-refractivity contribution in [2.45, 2.75) is 39.8 Å². The van der Waals surface area contributed by atoms with Gasteiger partial charge in [0.25, 0.3) is 0 Å². The normalized spacial score (nSPS) is 10.4. The highest BCUT2D eigenvalue weighted by Crippen LogP contribution is 2.11. The zero-order valence-electron chi connectivity index (χ0n) is 14.7. The molecule has 0 aliphatic rings. The van der Waals surface area contributed by atoms with E-state index in [1.807, 2.05) is 49.1 Å². The summed E-state index contributed by atoms with van der Waals surface area (Å²) in [6, 6.07) is 9.93. The van der Waals surface area contributed by atoms with Gasteiger partial charge < -0.3 is 15.2 Å². The maximum absolute atomic E-state index is 12.6. The van der Waals surface area contributed by atoms with Crippen molar-refractivity contribution < 1.29 is 4.79 Å². The Bertz CT molecular complexity index is 728. The molecule has 1 heterocycles. The van der Waals surface area contributed by atoms with Crippen molar-refractivity contribution in [3.8, 4) is 0 Å². The predicted molar refractivity (Wildman–Crippen MR) is 105 cm³/mol. The average Bonchev–Trinajstić information content (AvgIpc) is 2.82. The van der Waals surface area contributed by atoms with Crippen LogP contribution in [0.5, 0.6) is 0 Å². The van der Waals surface area contributed by atoms with Gasteiger partial charge in [0, 0.05) is 36.6 Å². The van der Waals surface area contributed by atoms with Crippen LogP contribution in [-0.4, -0.2) is 28.5 Å². The second-order valence-corrected chi connectivity index (χ2v) is 7.02. The number of carbonyl (C=O) groups is 1. The Morgan fingerprint density at radius 3 is 2.48 bits per heavy atom. The summed E-state index contributed by atoms with van der Waals surface area (Å²) < 4.78 is 1.70. The van der Waals surface area contributed by atoms with E-state index in [1.54, 1.807) is 4.57 Å². The van der Waals surface area contributed by atoms with Crippen molar-refractivity contribution in [2.75, 3.05) is 13.1 Å². The number of halogens is 1. The largest absolute Gasteiger partial charge is 0.338 e. The number of carbonyl (C=O) groups excluding carboxylic acids is 1. The van der Waals surface area contributed by atoms with Gasteiger partial charge in [-0.2, -0.15) is 0 Å². The second kappa shape index (κ2) is 10.4. The van der Waals surface area contributed by atoms with E-state index in [1.165, 1.54) is 11.3 Å². The first-order valence-corrected chi connectivity index (χ1v) is 9.03. The molecule has 1 aromatic heterocycles. The number of benzene rings is 1. The Kier molecular flexibility index (Phi) is 8.89. The minimum Gasteiger partial charge on any atom is -0.338 e. The molecule has 0 radical (unpaired) electrons. The highest BCUT2D eigenvalue weighted by molar-refractivity contribution is 7.09. The first-order chi connectivity index (χ1) is 11.5. The number of thiazole rings is 1. The third-order valence-corrected chi connectivity index (χ3v) is 5.12. The summed E-state index contributed by atoms with van der Waals surface area (Å²) in [7, 11) is 0. The van der Waals surface area contributed by atoms with Crippen molar-refractivity contribution in [1.82, 2.24) is 9.47 Å². The van der Waals surface area contributed by atoms with Crippen molar-refractivity contribution in [3.05, 3.63) is 56.1 Å². The summed E-state index contributed by atoms with van der Waals surface area (Å²) in [5.41, 5.74) is 7.65. The number of nitrogens with two attached hydrogens (primary N) is 1. The number of hydrogen-bond acceptors (Lipinski definition) is 4. The van der Waals surface area contributed by atoms with E-state index in [9.17, 15) is 9.59 Å². The van der Waals surface area contributed by atoms with Gasteiger partial charge in [0.15, 0.2) is 0 Å². The van der Waals surface area contributed by atoms with Crippen LogP contribution in [-0.2, 0) is 17.9 Å². The lowest BCUT2D eigenvalue weighted by molar-refractivity contribution is -0.132. The van der Waals surface area contributed by atoms with Crippen LogP contribution in [0.3, 0.4) is 0 Å². The maximum atomic E-state index is 12.6. The summed E-state index contributed by atoms with van der Waals surface area (Å²) in [6.45, 7) is 6.07. The fourth-order valence-electron chi connectivity index (χ4n) is 2.59. The molecule has 0 spiro atoms. The zero-order chi connectivity index (χ0) is 17.5. The van der Waals surface area contributed by atoms with Crippen molar-refractivity contribution in [1.29, 1.82) is 0 Å². The van der Waals surface area contributed by atoms with Crippen molar-refractivity contribution in [2.24, 2.45) is 5.73 Å². The molecule has 0 bridgehead atoms. The summed E-state index contributed by atoms with van der Waals surface area (Å²) in [5, 5.41) is 0. The molecule has 5 nitrogen and oxygen atoms in total. The molecule has 1 aromatic carbocycles. The van der Waals surface area contributed by atoms with Gasteiger partial charge in [-0.15, -0.1) is 12.4 Å². The molecule has 0 saturated carbocycles. The molecule has 0 unspecified atom stereocenters. The van der Waals surface area contributed by atoms with Crippen LogP contribution in [0.2, 0.25) is 0 Å². The van der Waals surface area contributed by atoms with Crippen LogP contribution in [0.25, 0.3) is 0 Å². The number of aryl methyl sites for hydroxylation is 1. The van der Waals surface area contributed by atoms with Gasteiger partial charge in [0.05, 0.1) is 0 Å². The number of rotatable bonds is 8. The van der Waals surface area contributed by atoms with Gasteiger partial charge in [-0.1, -0.05) is 41.7 Å². The van der Waals surface area contributed by atoms with Crippen LogP contribution >= 0.6 is 23.7 Å². The van der Waals surface area contributed by atoms with Gasteiger partial charge >= 0.3 is 4.87 Å².